The summed E-state index contributed by atoms with van der Waals surface area (Å²) < 4.78 is 0. The fourth-order valence-electron chi connectivity index (χ4n) is 1.82. The molecule has 0 aromatic carbocycles. The Kier molecular flexibility index (Phi) is 6.35. The van der Waals surface area contributed by atoms with Crippen molar-refractivity contribution in [2.24, 2.45) is 0 Å². The molecule has 0 amide bonds. The van der Waals surface area contributed by atoms with Crippen LogP contribution in [0.2, 0.25) is 0 Å². The van der Waals surface area contributed by atoms with E-state index in [1.165, 1.54) is 57.8 Å². The summed E-state index contributed by atoms with van der Waals surface area (Å²) in [4.78, 5) is 0. The molecule has 1 unspecified atom stereocenters. The second-order valence-electron chi connectivity index (χ2n) is 3.99. The molecule has 0 radical (unpaired) electrons. The van der Waals surface area contributed by atoms with Crippen LogP contribution in [0.15, 0.2) is 12.2 Å². The summed E-state index contributed by atoms with van der Waals surface area (Å²) in [5, 5.41) is 0.438. The molecular formula is C12H21Cl. The summed E-state index contributed by atoms with van der Waals surface area (Å²) in [5.41, 5.74) is 0. The fourth-order valence-corrected chi connectivity index (χ4v) is 2.13. The van der Waals surface area contributed by atoms with E-state index >= 15 is 0 Å². The molecule has 1 rings (SSSR count). The Balaban J connectivity index is 2.20. The number of hydrogen-bond acceptors (Lipinski definition) is 0. The van der Waals surface area contributed by atoms with Crippen LogP contribution in [-0.2, 0) is 0 Å². The highest BCUT2D eigenvalue weighted by atomic mass is 35.5. The van der Waals surface area contributed by atoms with Gasteiger partial charge in [0.15, 0.2) is 0 Å². The van der Waals surface area contributed by atoms with Crippen LogP contribution in [0.25, 0.3) is 0 Å². The Morgan fingerprint density at radius 2 is 1.38 bits per heavy atom. The van der Waals surface area contributed by atoms with Crippen molar-refractivity contribution in [1.29, 1.82) is 0 Å². The first-order valence-electron chi connectivity index (χ1n) is 5.68. The molecule has 0 aromatic rings. The predicted molar refractivity (Wildman–Crippen MR) is 60.3 cm³/mol. The zero-order chi connectivity index (χ0) is 9.36. The maximum atomic E-state index is 6.19. The molecule has 1 heteroatoms. The van der Waals surface area contributed by atoms with Crippen molar-refractivity contribution in [3.63, 3.8) is 0 Å². The van der Waals surface area contributed by atoms with Crippen LogP contribution in [-0.4, -0.2) is 5.38 Å². The molecule has 0 aliphatic heterocycles. The van der Waals surface area contributed by atoms with Crippen molar-refractivity contribution in [3.05, 3.63) is 12.2 Å². The predicted octanol–water partition coefficient (Wildman–Crippen LogP) is 4.67. The first-order valence-corrected chi connectivity index (χ1v) is 6.12. The van der Waals surface area contributed by atoms with Crippen molar-refractivity contribution in [2.45, 2.75) is 63.2 Å². The highest BCUT2D eigenvalue weighted by molar-refractivity contribution is 6.20. The molecule has 76 valence electrons. The second-order valence-corrected chi connectivity index (χ2v) is 4.61. The standard InChI is InChI=1S/C12H21Cl/c13-12-10-8-6-4-2-1-3-5-7-9-11-12/h2,4,12H,1,3,5-11H2. The van der Waals surface area contributed by atoms with E-state index in [1.807, 2.05) is 0 Å². The largest absolute Gasteiger partial charge is 0.123 e. The third-order valence-electron chi connectivity index (χ3n) is 2.69. The Labute approximate surface area is 87.4 Å². The topological polar surface area (TPSA) is 0 Å². The van der Waals surface area contributed by atoms with Gasteiger partial charge in [-0.15, -0.1) is 11.6 Å². The lowest BCUT2D eigenvalue weighted by Crippen LogP contribution is -1.98. The van der Waals surface area contributed by atoms with Crippen molar-refractivity contribution in [3.8, 4) is 0 Å². The molecule has 0 fully saturated rings. The highest BCUT2D eigenvalue weighted by Crippen LogP contribution is 2.17. The maximum Gasteiger partial charge on any atom is 0.0336 e. The van der Waals surface area contributed by atoms with Crippen LogP contribution in [0, 0.1) is 0 Å². The van der Waals surface area contributed by atoms with Crippen molar-refractivity contribution in [1.82, 2.24) is 0 Å². The molecule has 1 atom stereocenters. The van der Waals surface area contributed by atoms with Gasteiger partial charge in [0.1, 0.15) is 0 Å². The summed E-state index contributed by atoms with van der Waals surface area (Å²) in [6.45, 7) is 0. The number of hydrogen-bond donors (Lipinski definition) is 0. The third kappa shape index (κ3) is 6.15. The molecule has 1 aliphatic rings. The second kappa shape index (κ2) is 7.44. The van der Waals surface area contributed by atoms with E-state index in [0.717, 1.165) is 0 Å². The SMILES string of the molecule is ClC1CCCC=CCCCCCC1. The Hall–Kier alpha value is 0.0300. The maximum absolute atomic E-state index is 6.19. The van der Waals surface area contributed by atoms with Gasteiger partial charge in [0.2, 0.25) is 0 Å². The van der Waals surface area contributed by atoms with E-state index in [0.29, 0.717) is 5.38 Å². The normalized spacial score (nSPS) is 27.6. The van der Waals surface area contributed by atoms with E-state index < -0.39 is 0 Å². The van der Waals surface area contributed by atoms with Crippen LogP contribution in [0.3, 0.4) is 0 Å². The van der Waals surface area contributed by atoms with Gasteiger partial charge in [-0.05, 0) is 38.5 Å². The van der Waals surface area contributed by atoms with Gasteiger partial charge in [-0.2, -0.15) is 0 Å². The van der Waals surface area contributed by atoms with Crippen molar-refractivity contribution < 1.29 is 0 Å². The van der Waals surface area contributed by atoms with Gasteiger partial charge < -0.3 is 0 Å². The third-order valence-corrected chi connectivity index (χ3v) is 3.13. The van der Waals surface area contributed by atoms with E-state index in [9.17, 15) is 0 Å². The number of alkyl halides is 1. The summed E-state index contributed by atoms with van der Waals surface area (Å²) >= 11 is 6.19. The number of halogens is 1. The minimum Gasteiger partial charge on any atom is -0.123 e. The minimum absolute atomic E-state index is 0.438. The smallest absolute Gasteiger partial charge is 0.0336 e. The molecule has 0 heterocycles. The number of allylic oxidation sites excluding steroid dienone is 2. The van der Waals surface area contributed by atoms with Gasteiger partial charge >= 0.3 is 0 Å². The van der Waals surface area contributed by atoms with E-state index in [1.54, 1.807) is 0 Å². The lowest BCUT2D eigenvalue weighted by Gasteiger charge is -2.08. The number of rotatable bonds is 0. The molecule has 0 aromatic heterocycles. The van der Waals surface area contributed by atoms with Gasteiger partial charge in [-0.3, -0.25) is 0 Å². The fraction of sp³-hybridized carbons (Fsp3) is 0.833. The molecule has 1 aliphatic carbocycles. The Bertz CT molecular complexity index is 140. The molecule has 0 saturated heterocycles. The lowest BCUT2D eigenvalue weighted by atomic mass is 10.0. The average Bonchev–Trinajstić information content (AvgIpc) is 2.11. The zero-order valence-electron chi connectivity index (χ0n) is 8.47. The van der Waals surface area contributed by atoms with E-state index in [4.69, 9.17) is 11.6 Å². The lowest BCUT2D eigenvalue weighted by molar-refractivity contribution is 0.572. The minimum atomic E-state index is 0.438. The first-order chi connectivity index (χ1) is 6.39. The van der Waals surface area contributed by atoms with Crippen molar-refractivity contribution >= 4 is 11.6 Å². The van der Waals surface area contributed by atoms with E-state index in [2.05, 4.69) is 12.2 Å². The van der Waals surface area contributed by atoms with Crippen LogP contribution in [0.1, 0.15) is 57.8 Å². The first kappa shape index (κ1) is 11.1. The van der Waals surface area contributed by atoms with Gasteiger partial charge in [0.05, 0.1) is 0 Å². The quantitative estimate of drug-likeness (QED) is 0.394. The van der Waals surface area contributed by atoms with Gasteiger partial charge in [-0.1, -0.05) is 31.4 Å². The Morgan fingerprint density at radius 1 is 0.769 bits per heavy atom. The van der Waals surface area contributed by atoms with Crippen LogP contribution in [0.4, 0.5) is 0 Å². The molecule has 0 nitrogen and oxygen atoms in total. The van der Waals surface area contributed by atoms with E-state index in [-0.39, 0.29) is 0 Å². The van der Waals surface area contributed by atoms with Crippen molar-refractivity contribution in [2.75, 3.05) is 0 Å². The molecule has 0 saturated carbocycles. The molecule has 0 bridgehead atoms. The zero-order valence-corrected chi connectivity index (χ0v) is 9.23. The molecule has 0 N–H and O–H groups in total. The van der Waals surface area contributed by atoms with Crippen LogP contribution < -0.4 is 0 Å². The highest BCUT2D eigenvalue weighted by Gasteiger charge is 2.03. The van der Waals surface area contributed by atoms with Gasteiger partial charge in [-0.25, -0.2) is 0 Å². The molecular weight excluding hydrogens is 180 g/mol. The summed E-state index contributed by atoms with van der Waals surface area (Å²) in [6.07, 6.45) is 16.3. The summed E-state index contributed by atoms with van der Waals surface area (Å²) in [6, 6.07) is 0. The molecule has 13 heavy (non-hydrogen) atoms. The molecule has 0 spiro atoms. The van der Waals surface area contributed by atoms with Gasteiger partial charge in [0, 0.05) is 5.38 Å². The summed E-state index contributed by atoms with van der Waals surface area (Å²) in [5.74, 6) is 0. The van der Waals surface area contributed by atoms with Crippen LogP contribution >= 0.6 is 11.6 Å². The Morgan fingerprint density at radius 3 is 2.23 bits per heavy atom. The monoisotopic (exact) mass is 200 g/mol. The summed E-state index contributed by atoms with van der Waals surface area (Å²) in [7, 11) is 0. The van der Waals surface area contributed by atoms with Gasteiger partial charge in [0.25, 0.3) is 0 Å². The average molecular weight is 201 g/mol. The van der Waals surface area contributed by atoms with Crippen LogP contribution in [0.5, 0.6) is 0 Å².